The zero-order valence-electron chi connectivity index (χ0n) is 15.3. The minimum absolute atomic E-state index is 0.0116. The van der Waals surface area contributed by atoms with Crippen molar-refractivity contribution >= 4 is 17.5 Å². The molecule has 0 radical (unpaired) electrons. The van der Waals surface area contributed by atoms with E-state index in [4.69, 9.17) is 16.1 Å². The van der Waals surface area contributed by atoms with Crippen molar-refractivity contribution in [2.24, 2.45) is 0 Å². The van der Waals surface area contributed by atoms with Crippen molar-refractivity contribution in [1.29, 1.82) is 0 Å². The van der Waals surface area contributed by atoms with Gasteiger partial charge in [-0.2, -0.15) is 4.98 Å². The van der Waals surface area contributed by atoms with Crippen LogP contribution in [0.4, 0.5) is 0 Å². The Kier molecular flexibility index (Phi) is 4.70. The number of amides is 1. The Bertz CT molecular complexity index is 999. The van der Waals surface area contributed by atoms with E-state index in [2.05, 4.69) is 10.1 Å². The zero-order chi connectivity index (χ0) is 19.0. The molecule has 3 aromatic rings. The molecule has 2 heterocycles. The van der Waals surface area contributed by atoms with Crippen LogP contribution in [-0.4, -0.2) is 27.5 Å². The molecule has 4 rings (SSSR count). The van der Waals surface area contributed by atoms with E-state index in [-0.39, 0.29) is 11.9 Å². The van der Waals surface area contributed by atoms with E-state index in [9.17, 15) is 4.79 Å². The van der Waals surface area contributed by atoms with Gasteiger partial charge in [-0.05, 0) is 50.5 Å². The number of carbonyl (C=O) groups excluding carboxylic acids is 1. The first kappa shape index (κ1) is 17.7. The molecule has 1 atom stereocenters. The Balaban J connectivity index is 1.61. The number of aromatic nitrogens is 2. The summed E-state index contributed by atoms with van der Waals surface area (Å²) >= 11 is 6.05. The fourth-order valence-corrected chi connectivity index (χ4v) is 3.78. The molecule has 0 aliphatic carbocycles. The molecule has 1 unspecified atom stereocenters. The average molecular weight is 382 g/mol. The first-order valence-corrected chi connectivity index (χ1v) is 9.38. The van der Waals surface area contributed by atoms with Crippen LogP contribution >= 0.6 is 11.6 Å². The highest BCUT2D eigenvalue weighted by Gasteiger charge is 2.35. The Morgan fingerprint density at radius 3 is 2.85 bits per heavy atom. The van der Waals surface area contributed by atoms with E-state index in [1.807, 2.05) is 49.1 Å². The van der Waals surface area contributed by atoms with Crippen LogP contribution in [0.2, 0.25) is 5.02 Å². The third kappa shape index (κ3) is 3.47. The van der Waals surface area contributed by atoms with Gasteiger partial charge in [-0.3, -0.25) is 4.79 Å². The summed E-state index contributed by atoms with van der Waals surface area (Å²) in [5, 5.41) is 4.70. The third-order valence-electron chi connectivity index (χ3n) is 4.94. The Morgan fingerprint density at radius 2 is 2.07 bits per heavy atom. The minimum Gasteiger partial charge on any atom is -0.337 e. The number of rotatable bonds is 3. The second-order valence-corrected chi connectivity index (χ2v) is 7.38. The molecule has 1 aromatic heterocycles. The summed E-state index contributed by atoms with van der Waals surface area (Å²) in [4.78, 5) is 19.5. The van der Waals surface area contributed by atoms with E-state index in [1.54, 1.807) is 12.1 Å². The highest BCUT2D eigenvalue weighted by molar-refractivity contribution is 6.30. The van der Waals surface area contributed by atoms with Crippen molar-refractivity contribution in [2.75, 3.05) is 6.54 Å². The van der Waals surface area contributed by atoms with Crippen molar-refractivity contribution in [3.8, 4) is 11.4 Å². The number of benzene rings is 2. The average Bonchev–Trinajstić information content (AvgIpc) is 3.30. The number of hydrogen-bond donors (Lipinski definition) is 0. The second-order valence-electron chi connectivity index (χ2n) is 6.94. The maximum atomic E-state index is 13.1. The molecule has 138 valence electrons. The molecule has 0 saturated carbocycles. The summed E-state index contributed by atoms with van der Waals surface area (Å²) in [6, 6.07) is 13.0. The van der Waals surface area contributed by atoms with E-state index in [1.165, 1.54) is 0 Å². The molecule has 0 spiro atoms. The smallest absolute Gasteiger partial charge is 0.254 e. The first-order chi connectivity index (χ1) is 13.0. The molecule has 1 aliphatic rings. The third-order valence-corrected chi connectivity index (χ3v) is 5.17. The lowest BCUT2D eigenvalue weighted by Gasteiger charge is -2.22. The molecule has 0 N–H and O–H groups in total. The van der Waals surface area contributed by atoms with Crippen LogP contribution in [0, 0.1) is 13.8 Å². The summed E-state index contributed by atoms with van der Waals surface area (Å²) in [5.41, 5.74) is 3.64. The zero-order valence-corrected chi connectivity index (χ0v) is 16.0. The number of halogens is 1. The van der Waals surface area contributed by atoms with E-state index in [0.717, 1.165) is 35.1 Å². The standard InChI is InChI=1S/C21H20ClN3O2/c1-13-8-9-17(14(2)11-13)21(26)25-10-4-7-18(25)20-23-19(24-27-20)15-5-3-6-16(22)12-15/h3,5-6,8-9,11-12,18H,4,7,10H2,1-2H3. The lowest BCUT2D eigenvalue weighted by atomic mass is 10.0. The highest BCUT2D eigenvalue weighted by Crippen LogP contribution is 2.34. The predicted octanol–water partition coefficient (Wildman–Crippen LogP) is 4.98. The van der Waals surface area contributed by atoms with Crippen LogP contribution in [-0.2, 0) is 0 Å². The minimum atomic E-state index is -0.196. The van der Waals surface area contributed by atoms with Gasteiger partial charge in [0.1, 0.15) is 6.04 Å². The Labute approximate surface area is 163 Å². The maximum Gasteiger partial charge on any atom is 0.254 e. The topological polar surface area (TPSA) is 59.2 Å². The van der Waals surface area contributed by atoms with Gasteiger partial charge in [-0.25, -0.2) is 0 Å². The number of carbonyl (C=O) groups is 1. The van der Waals surface area contributed by atoms with Crippen molar-refractivity contribution in [3.05, 3.63) is 70.1 Å². The van der Waals surface area contributed by atoms with Crippen LogP contribution in [0.1, 0.15) is 46.3 Å². The lowest BCUT2D eigenvalue weighted by molar-refractivity contribution is 0.0709. The molecular formula is C21H20ClN3O2. The van der Waals surface area contributed by atoms with Gasteiger partial charge in [0.15, 0.2) is 0 Å². The van der Waals surface area contributed by atoms with Gasteiger partial charge in [0.05, 0.1) is 0 Å². The molecule has 2 aromatic carbocycles. The van der Waals surface area contributed by atoms with Crippen LogP contribution in [0.25, 0.3) is 11.4 Å². The van der Waals surface area contributed by atoms with E-state index >= 15 is 0 Å². The summed E-state index contributed by atoms with van der Waals surface area (Å²) in [7, 11) is 0. The van der Waals surface area contributed by atoms with Crippen molar-refractivity contribution < 1.29 is 9.32 Å². The van der Waals surface area contributed by atoms with Gasteiger partial charge < -0.3 is 9.42 Å². The Hall–Kier alpha value is -2.66. The van der Waals surface area contributed by atoms with Crippen LogP contribution in [0.15, 0.2) is 47.0 Å². The monoisotopic (exact) mass is 381 g/mol. The summed E-state index contributed by atoms with van der Waals surface area (Å²) in [6.45, 7) is 4.68. The fourth-order valence-electron chi connectivity index (χ4n) is 3.59. The summed E-state index contributed by atoms with van der Waals surface area (Å²) in [6.07, 6.45) is 1.73. The molecule has 1 amide bonds. The quantitative estimate of drug-likeness (QED) is 0.641. The van der Waals surface area contributed by atoms with Crippen molar-refractivity contribution in [1.82, 2.24) is 15.0 Å². The van der Waals surface area contributed by atoms with Crippen LogP contribution < -0.4 is 0 Å². The molecule has 27 heavy (non-hydrogen) atoms. The SMILES string of the molecule is Cc1ccc(C(=O)N2CCCC2c2nc(-c3cccc(Cl)c3)no2)c(C)c1. The number of hydrogen-bond acceptors (Lipinski definition) is 4. The number of nitrogens with zero attached hydrogens (tertiary/aromatic N) is 3. The van der Waals surface area contributed by atoms with Crippen molar-refractivity contribution in [3.63, 3.8) is 0 Å². The van der Waals surface area contributed by atoms with E-state index < -0.39 is 0 Å². The van der Waals surface area contributed by atoms with Crippen LogP contribution in [0.3, 0.4) is 0 Å². The van der Waals surface area contributed by atoms with E-state index in [0.29, 0.717) is 23.3 Å². The normalized spacial score (nSPS) is 16.7. The molecule has 1 fully saturated rings. The highest BCUT2D eigenvalue weighted by atomic mass is 35.5. The lowest BCUT2D eigenvalue weighted by Crippen LogP contribution is -2.31. The van der Waals surface area contributed by atoms with Gasteiger partial charge >= 0.3 is 0 Å². The van der Waals surface area contributed by atoms with Gasteiger partial charge in [0, 0.05) is 22.7 Å². The molecule has 0 bridgehead atoms. The van der Waals surface area contributed by atoms with Gasteiger partial charge in [-0.1, -0.05) is 46.6 Å². The number of aryl methyl sites for hydroxylation is 2. The van der Waals surface area contributed by atoms with Gasteiger partial charge in [0.25, 0.3) is 5.91 Å². The molecule has 1 saturated heterocycles. The van der Waals surface area contributed by atoms with Crippen molar-refractivity contribution in [2.45, 2.75) is 32.7 Å². The fraction of sp³-hybridized carbons (Fsp3) is 0.286. The molecule has 6 heteroatoms. The second kappa shape index (κ2) is 7.16. The first-order valence-electron chi connectivity index (χ1n) is 9.00. The summed E-state index contributed by atoms with van der Waals surface area (Å²) < 4.78 is 5.51. The van der Waals surface area contributed by atoms with Gasteiger partial charge in [-0.15, -0.1) is 0 Å². The summed E-state index contributed by atoms with van der Waals surface area (Å²) in [5.74, 6) is 0.969. The molecular weight excluding hydrogens is 362 g/mol. The maximum absolute atomic E-state index is 13.1. The Morgan fingerprint density at radius 1 is 1.22 bits per heavy atom. The number of likely N-dealkylation sites (tertiary alicyclic amines) is 1. The molecule has 5 nitrogen and oxygen atoms in total. The largest absolute Gasteiger partial charge is 0.337 e. The van der Waals surface area contributed by atoms with Gasteiger partial charge in [0.2, 0.25) is 11.7 Å². The predicted molar refractivity (Wildman–Crippen MR) is 104 cm³/mol. The molecule has 1 aliphatic heterocycles. The van der Waals surface area contributed by atoms with Crippen LogP contribution in [0.5, 0.6) is 0 Å².